The smallest absolute Gasteiger partial charge is 0.338 e. The van der Waals surface area contributed by atoms with Crippen LogP contribution in [0.15, 0.2) is 18.2 Å². The molecule has 6 nitrogen and oxygen atoms in total. The van der Waals surface area contributed by atoms with Crippen LogP contribution in [0.2, 0.25) is 10.0 Å². The molecule has 21 heavy (non-hydrogen) atoms. The van der Waals surface area contributed by atoms with Gasteiger partial charge in [0.1, 0.15) is 0 Å². The standard InChI is InChI=1S/C13H14Cl2N2O4/c1-7(2)16-13(20)17-11(18)6-21-12(19)8-3-9(14)5-10(15)4-8/h3-5,7H,6H2,1-2H3,(H2,16,17,18,20). The van der Waals surface area contributed by atoms with E-state index in [0.717, 1.165) is 0 Å². The number of hydrogen-bond acceptors (Lipinski definition) is 4. The van der Waals surface area contributed by atoms with E-state index in [1.807, 2.05) is 5.32 Å². The second-order valence-electron chi connectivity index (χ2n) is 4.41. The molecule has 0 aliphatic rings. The van der Waals surface area contributed by atoms with Crippen molar-refractivity contribution in [2.45, 2.75) is 19.9 Å². The minimum Gasteiger partial charge on any atom is -0.452 e. The maximum atomic E-state index is 11.7. The number of carbonyl (C=O) groups is 3. The lowest BCUT2D eigenvalue weighted by Gasteiger charge is -2.09. The van der Waals surface area contributed by atoms with Crippen LogP contribution in [0.25, 0.3) is 0 Å². The summed E-state index contributed by atoms with van der Waals surface area (Å²) >= 11 is 11.5. The number of rotatable bonds is 4. The Labute approximate surface area is 131 Å². The molecule has 1 aromatic carbocycles. The molecule has 0 radical (unpaired) electrons. The molecular formula is C13H14Cl2N2O4. The van der Waals surface area contributed by atoms with Gasteiger partial charge in [-0.1, -0.05) is 23.2 Å². The van der Waals surface area contributed by atoms with Gasteiger partial charge in [-0.2, -0.15) is 0 Å². The molecule has 0 fully saturated rings. The number of imide groups is 1. The molecule has 8 heteroatoms. The summed E-state index contributed by atoms with van der Waals surface area (Å²) in [6, 6.07) is 3.41. The number of urea groups is 1. The van der Waals surface area contributed by atoms with Crippen molar-refractivity contribution in [3.05, 3.63) is 33.8 Å². The number of hydrogen-bond donors (Lipinski definition) is 2. The van der Waals surface area contributed by atoms with Gasteiger partial charge in [-0.25, -0.2) is 9.59 Å². The number of amides is 3. The molecule has 1 rings (SSSR count). The third-order valence-corrected chi connectivity index (χ3v) is 2.54. The monoisotopic (exact) mass is 332 g/mol. The summed E-state index contributed by atoms with van der Waals surface area (Å²) in [6.07, 6.45) is 0. The Balaban J connectivity index is 2.49. The lowest BCUT2D eigenvalue weighted by atomic mass is 10.2. The first-order valence-electron chi connectivity index (χ1n) is 6.01. The predicted molar refractivity (Wildman–Crippen MR) is 78.6 cm³/mol. The molecule has 0 saturated carbocycles. The Kier molecular flexibility index (Phi) is 6.45. The number of carbonyl (C=O) groups excluding carboxylic acids is 3. The Morgan fingerprint density at radius 1 is 1.14 bits per heavy atom. The third-order valence-electron chi connectivity index (χ3n) is 2.11. The summed E-state index contributed by atoms with van der Waals surface area (Å²) in [5.74, 6) is -1.51. The van der Waals surface area contributed by atoms with E-state index in [0.29, 0.717) is 0 Å². The quantitative estimate of drug-likeness (QED) is 0.829. The van der Waals surface area contributed by atoms with Crippen LogP contribution in [0.5, 0.6) is 0 Å². The van der Waals surface area contributed by atoms with Crippen molar-refractivity contribution < 1.29 is 19.1 Å². The summed E-state index contributed by atoms with van der Waals surface area (Å²) in [6.45, 7) is 2.90. The van der Waals surface area contributed by atoms with Crippen LogP contribution >= 0.6 is 23.2 Å². The predicted octanol–water partition coefficient (Wildman–Crippen LogP) is 2.38. The van der Waals surface area contributed by atoms with Gasteiger partial charge < -0.3 is 10.1 Å². The Bertz CT molecular complexity index is 541. The first-order valence-corrected chi connectivity index (χ1v) is 6.77. The molecule has 1 aromatic rings. The largest absolute Gasteiger partial charge is 0.452 e. The first kappa shape index (κ1) is 17.3. The van der Waals surface area contributed by atoms with Crippen LogP contribution in [-0.4, -0.2) is 30.6 Å². The van der Waals surface area contributed by atoms with Crippen LogP contribution < -0.4 is 10.6 Å². The molecule has 0 atom stereocenters. The van der Waals surface area contributed by atoms with Crippen molar-refractivity contribution in [3.8, 4) is 0 Å². The summed E-state index contributed by atoms with van der Waals surface area (Å²) in [7, 11) is 0. The number of esters is 1. The first-order chi connectivity index (χ1) is 9.77. The van der Waals surface area contributed by atoms with Crippen LogP contribution in [0.3, 0.4) is 0 Å². The molecule has 0 unspecified atom stereocenters. The van der Waals surface area contributed by atoms with E-state index in [2.05, 4.69) is 5.32 Å². The topological polar surface area (TPSA) is 84.5 Å². The molecular weight excluding hydrogens is 319 g/mol. The molecule has 0 aliphatic carbocycles. The second kappa shape index (κ2) is 7.85. The van der Waals surface area contributed by atoms with E-state index in [1.165, 1.54) is 18.2 Å². The van der Waals surface area contributed by atoms with Crippen LogP contribution in [0.1, 0.15) is 24.2 Å². The molecule has 0 bridgehead atoms. The van der Waals surface area contributed by atoms with Crippen LogP contribution in [0, 0.1) is 0 Å². The summed E-state index contributed by atoms with van der Waals surface area (Å²) in [4.78, 5) is 34.3. The van der Waals surface area contributed by atoms with Crippen molar-refractivity contribution in [1.29, 1.82) is 0 Å². The van der Waals surface area contributed by atoms with Gasteiger partial charge in [-0.05, 0) is 32.0 Å². The Morgan fingerprint density at radius 2 is 1.71 bits per heavy atom. The average Bonchev–Trinajstić information content (AvgIpc) is 2.33. The van der Waals surface area contributed by atoms with Crippen LogP contribution in [0.4, 0.5) is 4.79 Å². The van der Waals surface area contributed by atoms with Gasteiger partial charge in [-0.3, -0.25) is 10.1 Å². The van der Waals surface area contributed by atoms with Crippen molar-refractivity contribution in [2.24, 2.45) is 0 Å². The molecule has 2 N–H and O–H groups in total. The molecule has 3 amide bonds. The fourth-order valence-corrected chi connectivity index (χ4v) is 1.87. The van der Waals surface area contributed by atoms with Crippen molar-refractivity contribution in [3.63, 3.8) is 0 Å². The van der Waals surface area contributed by atoms with E-state index in [4.69, 9.17) is 27.9 Å². The number of halogens is 2. The van der Waals surface area contributed by atoms with Gasteiger partial charge in [-0.15, -0.1) is 0 Å². The lowest BCUT2D eigenvalue weighted by Crippen LogP contribution is -2.44. The molecule has 0 heterocycles. The number of benzene rings is 1. The average molecular weight is 333 g/mol. The molecule has 0 spiro atoms. The maximum absolute atomic E-state index is 11.7. The van der Waals surface area contributed by atoms with Crippen molar-refractivity contribution >= 4 is 41.1 Å². The van der Waals surface area contributed by atoms with Gasteiger partial charge >= 0.3 is 12.0 Å². The minimum atomic E-state index is -0.765. The molecule has 114 valence electrons. The molecule has 0 saturated heterocycles. The Hall–Kier alpha value is -1.79. The number of ether oxygens (including phenoxy) is 1. The summed E-state index contributed by atoms with van der Waals surface area (Å²) in [5, 5.41) is 5.03. The van der Waals surface area contributed by atoms with Gasteiger partial charge in [0.05, 0.1) is 5.56 Å². The van der Waals surface area contributed by atoms with E-state index < -0.39 is 24.5 Å². The zero-order valence-corrected chi connectivity index (χ0v) is 12.9. The highest BCUT2D eigenvalue weighted by Gasteiger charge is 2.13. The highest BCUT2D eigenvalue weighted by Crippen LogP contribution is 2.19. The minimum absolute atomic E-state index is 0.117. The van der Waals surface area contributed by atoms with Gasteiger partial charge in [0.15, 0.2) is 6.61 Å². The van der Waals surface area contributed by atoms with Crippen molar-refractivity contribution in [2.75, 3.05) is 6.61 Å². The van der Waals surface area contributed by atoms with Gasteiger partial charge in [0, 0.05) is 16.1 Å². The highest BCUT2D eigenvalue weighted by atomic mass is 35.5. The zero-order chi connectivity index (χ0) is 16.0. The SMILES string of the molecule is CC(C)NC(=O)NC(=O)COC(=O)c1cc(Cl)cc(Cl)c1. The second-order valence-corrected chi connectivity index (χ2v) is 5.28. The molecule has 0 aromatic heterocycles. The number of nitrogens with one attached hydrogen (secondary N) is 2. The highest BCUT2D eigenvalue weighted by molar-refractivity contribution is 6.35. The summed E-state index contributed by atoms with van der Waals surface area (Å²) in [5.41, 5.74) is 0.118. The Morgan fingerprint density at radius 3 is 2.24 bits per heavy atom. The van der Waals surface area contributed by atoms with E-state index >= 15 is 0 Å². The van der Waals surface area contributed by atoms with Crippen LogP contribution in [-0.2, 0) is 9.53 Å². The van der Waals surface area contributed by atoms with Crippen molar-refractivity contribution in [1.82, 2.24) is 10.6 Å². The fourth-order valence-electron chi connectivity index (χ4n) is 1.35. The maximum Gasteiger partial charge on any atom is 0.338 e. The van der Waals surface area contributed by atoms with Gasteiger partial charge in [0.25, 0.3) is 5.91 Å². The zero-order valence-electron chi connectivity index (χ0n) is 11.4. The van der Waals surface area contributed by atoms with E-state index in [-0.39, 0.29) is 21.7 Å². The summed E-state index contributed by atoms with van der Waals surface area (Å²) < 4.78 is 4.76. The third kappa shape index (κ3) is 6.46. The van der Waals surface area contributed by atoms with E-state index in [9.17, 15) is 14.4 Å². The van der Waals surface area contributed by atoms with E-state index in [1.54, 1.807) is 13.8 Å². The molecule has 0 aliphatic heterocycles. The van der Waals surface area contributed by atoms with Gasteiger partial charge in [0.2, 0.25) is 0 Å². The fraction of sp³-hybridized carbons (Fsp3) is 0.308. The normalized spacial score (nSPS) is 10.1. The lowest BCUT2D eigenvalue weighted by molar-refractivity contribution is -0.123.